The molecular formula is C16H22ClN5. The van der Waals surface area contributed by atoms with Gasteiger partial charge >= 0.3 is 0 Å². The molecule has 0 saturated heterocycles. The molecule has 3 rings (SSSR count). The van der Waals surface area contributed by atoms with Crippen LogP contribution in [0.4, 0.5) is 5.82 Å². The van der Waals surface area contributed by atoms with Gasteiger partial charge < -0.3 is 5.32 Å². The van der Waals surface area contributed by atoms with Crippen molar-refractivity contribution in [3.63, 3.8) is 0 Å². The summed E-state index contributed by atoms with van der Waals surface area (Å²) in [5, 5.41) is 8.54. The van der Waals surface area contributed by atoms with Crippen molar-refractivity contribution in [1.29, 1.82) is 0 Å². The van der Waals surface area contributed by atoms with Gasteiger partial charge in [-0.05, 0) is 25.8 Å². The van der Waals surface area contributed by atoms with E-state index in [0.717, 1.165) is 29.3 Å². The largest absolute Gasteiger partial charge is 0.364 e. The first-order valence-electron chi connectivity index (χ1n) is 7.98. The second-order valence-corrected chi connectivity index (χ2v) is 6.19. The van der Waals surface area contributed by atoms with Gasteiger partial charge in [0.2, 0.25) is 0 Å². The normalized spacial score (nSPS) is 15.4. The topological polar surface area (TPSA) is 55.6 Å². The first-order chi connectivity index (χ1) is 10.7. The molecule has 0 aliphatic heterocycles. The molecule has 1 aliphatic carbocycles. The van der Waals surface area contributed by atoms with Crippen molar-refractivity contribution >= 4 is 17.4 Å². The third kappa shape index (κ3) is 3.24. The van der Waals surface area contributed by atoms with Gasteiger partial charge in [-0.1, -0.05) is 31.4 Å². The summed E-state index contributed by atoms with van der Waals surface area (Å²) < 4.78 is 2.11. The van der Waals surface area contributed by atoms with E-state index >= 15 is 0 Å². The van der Waals surface area contributed by atoms with Crippen molar-refractivity contribution in [1.82, 2.24) is 19.7 Å². The van der Waals surface area contributed by atoms with Gasteiger partial charge in [-0.15, -0.1) is 0 Å². The van der Waals surface area contributed by atoms with Gasteiger partial charge in [0.1, 0.15) is 16.8 Å². The van der Waals surface area contributed by atoms with Crippen molar-refractivity contribution in [2.75, 3.05) is 5.32 Å². The van der Waals surface area contributed by atoms with Crippen LogP contribution in [0, 0.1) is 6.92 Å². The summed E-state index contributed by atoms with van der Waals surface area (Å²) in [6, 6.07) is 2.65. The Hall–Kier alpha value is -1.62. The van der Waals surface area contributed by atoms with Gasteiger partial charge in [-0.25, -0.2) is 9.97 Å². The predicted molar refractivity (Wildman–Crippen MR) is 88.2 cm³/mol. The van der Waals surface area contributed by atoms with Gasteiger partial charge in [0, 0.05) is 18.2 Å². The van der Waals surface area contributed by atoms with Gasteiger partial charge in [-0.2, -0.15) is 5.10 Å². The maximum absolute atomic E-state index is 6.16. The average molecular weight is 320 g/mol. The summed E-state index contributed by atoms with van der Waals surface area (Å²) in [6.45, 7) is 4.60. The number of aryl methyl sites for hydroxylation is 1. The van der Waals surface area contributed by atoms with E-state index in [9.17, 15) is 0 Å². The molecule has 0 aromatic carbocycles. The zero-order valence-electron chi connectivity index (χ0n) is 13.1. The minimum absolute atomic E-state index is 0.519. The fraction of sp³-hybridized carbons (Fsp3) is 0.562. The van der Waals surface area contributed by atoms with Crippen molar-refractivity contribution in [2.24, 2.45) is 0 Å². The lowest BCUT2D eigenvalue weighted by molar-refractivity contribution is 0.463. The molecule has 0 bridgehead atoms. The van der Waals surface area contributed by atoms with E-state index in [1.165, 1.54) is 25.7 Å². The molecular weight excluding hydrogens is 298 g/mol. The molecule has 6 heteroatoms. The summed E-state index contributed by atoms with van der Waals surface area (Å²) in [6.07, 6.45) is 7.98. The number of nitrogens with one attached hydrogen (secondary N) is 1. The van der Waals surface area contributed by atoms with Gasteiger partial charge in [0.25, 0.3) is 0 Å². The smallest absolute Gasteiger partial charge is 0.137 e. The number of hydrogen-bond donors (Lipinski definition) is 1. The van der Waals surface area contributed by atoms with Crippen LogP contribution in [0.5, 0.6) is 0 Å². The van der Waals surface area contributed by atoms with Crippen LogP contribution in [-0.4, -0.2) is 19.7 Å². The molecule has 5 nitrogen and oxygen atoms in total. The Balaban J connectivity index is 1.68. The zero-order valence-corrected chi connectivity index (χ0v) is 13.9. The molecule has 2 aromatic rings. The SMILES string of the molecule is CCc1nc(Cl)c(C)c(NCc2ccn(C3CCCC3)n2)n1. The number of rotatable bonds is 5. The summed E-state index contributed by atoms with van der Waals surface area (Å²) in [7, 11) is 0. The molecule has 1 saturated carbocycles. The highest BCUT2D eigenvalue weighted by Crippen LogP contribution is 2.28. The molecule has 1 N–H and O–H groups in total. The van der Waals surface area contributed by atoms with E-state index in [1.807, 2.05) is 13.8 Å². The highest BCUT2D eigenvalue weighted by molar-refractivity contribution is 6.30. The van der Waals surface area contributed by atoms with Gasteiger partial charge in [-0.3, -0.25) is 4.68 Å². The molecule has 0 unspecified atom stereocenters. The Morgan fingerprint density at radius 3 is 2.82 bits per heavy atom. The molecule has 118 valence electrons. The Bertz CT molecular complexity index is 646. The van der Waals surface area contributed by atoms with E-state index in [-0.39, 0.29) is 0 Å². The van der Waals surface area contributed by atoms with E-state index in [0.29, 0.717) is 17.7 Å². The van der Waals surface area contributed by atoms with E-state index < -0.39 is 0 Å². The average Bonchev–Trinajstić information content (AvgIpc) is 3.19. The predicted octanol–water partition coefficient (Wildman–Crippen LogP) is 3.92. The van der Waals surface area contributed by atoms with Gasteiger partial charge in [0.15, 0.2) is 0 Å². The summed E-state index contributed by atoms with van der Waals surface area (Å²) in [4.78, 5) is 8.77. The number of hydrogen-bond acceptors (Lipinski definition) is 4. The lowest BCUT2D eigenvalue weighted by Gasteiger charge is -2.11. The Labute approximate surface area is 136 Å². The first-order valence-corrected chi connectivity index (χ1v) is 8.36. The standard InChI is InChI=1S/C16H22ClN5/c1-3-14-19-15(17)11(2)16(20-14)18-10-12-8-9-22(21-12)13-6-4-5-7-13/h8-9,13H,3-7,10H2,1-2H3,(H,18,19,20). The lowest BCUT2D eigenvalue weighted by atomic mass is 10.3. The van der Waals surface area contributed by atoms with Crippen LogP contribution < -0.4 is 5.32 Å². The van der Waals surface area contributed by atoms with Crippen LogP contribution in [0.15, 0.2) is 12.3 Å². The highest BCUT2D eigenvalue weighted by Gasteiger charge is 2.17. The van der Waals surface area contributed by atoms with Crippen LogP contribution in [0.1, 0.15) is 55.7 Å². The van der Waals surface area contributed by atoms with E-state index in [1.54, 1.807) is 0 Å². The van der Waals surface area contributed by atoms with Crippen molar-refractivity contribution in [2.45, 2.75) is 58.5 Å². The van der Waals surface area contributed by atoms with Gasteiger partial charge in [0.05, 0.1) is 18.3 Å². The second-order valence-electron chi connectivity index (χ2n) is 5.84. The molecule has 2 aromatic heterocycles. The molecule has 0 radical (unpaired) electrons. The molecule has 0 spiro atoms. The van der Waals surface area contributed by atoms with E-state index in [2.05, 4.69) is 37.3 Å². The third-order valence-electron chi connectivity index (χ3n) is 4.25. The second kappa shape index (κ2) is 6.65. The first kappa shape index (κ1) is 15.3. The number of aromatic nitrogens is 4. The van der Waals surface area contributed by atoms with Crippen LogP contribution in [0.25, 0.3) is 0 Å². The van der Waals surface area contributed by atoms with Crippen molar-refractivity contribution < 1.29 is 0 Å². The quantitative estimate of drug-likeness (QED) is 0.848. The Morgan fingerprint density at radius 2 is 2.09 bits per heavy atom. The Morgan fingerprint density at radius 1 is 1.32 bits per heavy atom. The van der Waals surface area contributed by atoms with Crippen molar-refractivity contribution in [3.8, 4) is 0 Å². The maximum Gasteiger partial charge on any atom is 0.137 e. The van der Waals surface area contributed by atoms with Crippen LogP contribution in [0.2, 0.25) is 5.15 Å². The molecule has 1 fully saturated rings. The molecule has 0 atom stereocenters. The lowest BCUT2D eigenvalue weighted by Crippen LogP contribution is -2.09. The molecule has 0 amide bonds. The van der Waals surface area contributed by atoms with E-state index in [4.69, 9.17) is 11.6 Å². The van der Waals surface area contributed by atoms with Crippen molar-refractivity contribution in [3.05, 3.63) is 34.5 Å². The number of anilines is 1. The fourth-order valence-electron chi connectivity index (χ4n) is 2.88. The van der Waals surface area contributed by atoms with Crippen LogP contribution in [-0.2, 0) is 13.0 Å². The van der Waals surface area contributed by atoms with Crippen LogP contribution in [0.3, 0.4) is 0 Å². The zero-order chi connectivity index (χ0) is 15.5. The number of nitrogens with zero attached hydrogens (tertiary/aromatic N) is 4. The third-order valence-corrected chi connectivity index (χ3v) is 4.62. The molecule has 1 aliphatic rings. The summed E-state index contributed by atoms with van der Waals surface area (Å²) >= 11 is 6.16. The maximum atomic E-state index is 6.16. The minimum atomic E-state index is 0.519. The highest BCUT2D eigenvalue weighted by atomic mass is 35.5. The monoisotopic (exact) mass is 319 g/mol. The molecule has 22 heavy (non-hydrogen) atoms. The number of halogens is 1. The molecule has 2 heterocycles. The fourth-order valence-corrected chi connectivity index (χ4v) is 3.07. The summed E-state index contributed by atoms with van der Waals surface area (Å²) in [5.41, 5.74) is 1.91. The minimum Gasteiger partial charge on any atom is -0.364 e. The Kier molecular flexibility index (Phi) is 4.62. The van der Waals surface area contributed by atoms with Crippen LogP contribution >= 0.6 is 11.6 Å². The summed E-state index contributed by atoms with van der Waals surface area (Å²) in [5.74, 6) is 1.56.